The Hall–Kier alpha value is -3.28. The summed E-state index contributed by atoms with van der Waals surface area (Å²) in [6.45, 7) is -0.0976. The van der Waals surface area contributed by atoms with Crippen LogP contribution in [0.15, 0.2) is 47.6 Å². The number of methoxy groups -OCH3 is 1. The normalized spacial score (nSPS) is 12.0. The fourth-order valence-corrected chi connectivity index (χ4v) is 2.78. The number of H-pyrrole nitrogens is 1. The van der Waals surface area contributed by atoms with Gasteiger partial charge in [0.2, 0.25) is 10.6 Å². The SMILES string of the molecule is COc1ccc(/C=N\n2c(C(F)F)n[nH]c2=S)cc1COc1cccc(C(F)(F)F)c1. The quantitative estimate of drug-likeness (QED) is 0.294. The Morgan fingerprint density at radius 1 is 1.23 bits per heavy atom. The van der Waals surface area contributed by atoms with Crippen LogP contribution in [0.3, 0.4) is 0 Å². The lowest BCUT2D eigenvalue weighted by Crippen LogP contribution is -2.05. The van der Waals surface area contributed by atoms with Crippen molar-refractivity contribution in [2.45, 2.75) is 19.2 Å². The van der Waals surface area contributed by atoms with E-state index in [1.165, 1.54) is 25.5 Å². The highest BCUT2D eigenvalue weighted by Gasteiger charge is 2.30. The van der Waals surface area contributed by atoms with Gasteiger partial charge in [-0.2, -0.15) is 28.0 Å². The predicted molar refractivity (Wildman–Crippen MR) is 104 cm³/mol. The Labute approximate surface area is 177 Å². The standard InChI is InChI=1S/C19H15F5N4O2S/c1-29-15-6-5-11(9-25-28-17(16(20)21)26-27-18(28)31)7-12(15)10-30-14-4-2-3-13(8-14)19(22,23)24/h2-9,16H,10H2,1H3,(H,27,31)/b25-9-. The molecule has 0 amide bonds. The highest BCUT2D eigenvalue weighted by molar-refractivity contribution is 7.71. The second-order valence-electron chi connectivity index (χ2n) is 6.13. The highest BCUT2D eigenvalue weighted by atomic mass is 32.1. The Morgan fingerprint density at radius 2 is 2.00 bits per heavy atom. The molecular formula is C19H15F5N4O2S. The minimum absolute atomic E-state index is 0.0298. The van der Waals surface area contributed by atoms with Crippen molar-refractivity contribution in [3.8, 4) is 11.5 Å². The van der Waals surface area contributed by atoms with Crippen LogP contribution in [0.5, 0.6) is 11.5 Å². The number of benzene rings is 2. The molecule has 0 aliphatic rings. The number of halogens is 5. The van der Waals surface area contributed by atoms with Crippen LogP contribution in [-0.2, 0) is 12.8 Å². The van der Waals surface area contributed by atoms with Crippen molar-refractivity contribution >= 4 is 18.4 Å². The van der Waals surface area contributed by atoms with Crippen molar-refractivity contribution in [2.24, 2.45) is 5.10 Å². The topological polar surface area (TPSA) is 64.4 Å². The van der Waals surface area contributed by atoms with Gasteiger partial charge in [0.1, 0.15) is 18.1 Å². The van der Waals surface area contributed by atoms with Crippen LogP contribution in [0, 0.1) is 4.77 Å². The van der Waals surface area contributed by atoms with Crippen molar-refractivity contribution in [2.75, 3.05) is 7.11 Å². The summed E-state index contributed by atoms with van der Waals surface area (Å²) < 4.78 is 75.9. The third-order valence-corrected chi connectivity index (χ3v) is 4.32. The first-order valence-electron chi connectivity index (χ1n) is 8.66. The molecule has 0 saturated heterocycles. The Balaban J connectivity index is 1.82. The van der Waals surface area contributed by atoms with E-state index in [1.807, 2.05) is 0 Å². The zero-order valence-corrected chi connectivity index (χ0v) is 16.7. The fourth-order valence-electron chi connectivity index (χ4n) is 2.60. The largest absolute Gasteiger partial charge is 0.496 e. The molecule has 3 aromatic rings. The highest BCUT2D eigenvalue weighted by Crippen LogP contribution is 2.32. The molecule has 0 saturated carbocycles. The zero-order chi connectivity index (χ0) is 22.6. The van der Waals surface area contributed by atoms with E-state index in [0.717, 1.165) is 16.8 Å². The number of nitrogens with zero attached hydrogens (tertiary/aromatic N) is 3. The molecule has 0 atom stereocenters. The minimum atomic E-state index is -4.49. The molecule has 0 aliphatic carbocycles. The van der Waals surface area contributed by atoms with Crippen LogP contribution in [0.25, 0.3) is 0 Å². The minimum Gasteiger partial charge on any atom is -0.496 e. The van der Waals surface area contributed by atoms with Crippen LogP contribution in [0.2, 0.25) is 0 Å². The second kappa shape index (κ2) is 9.25. The van der Waals surface area contributed by atoms with Crippen molar-refractivity contribution in [1.82, 2.24) is 14.9 Å². The molecule has 0 radical (unpaired) electrons. The number of hydrogen-bond acceptors (Lipinski definition) is 5. The van der Waals surface area contributed by atoms with E-state index in [4.69, 9.17) is 21.7 Å². The maximum Gasteiger partial charge on any atom is 0.416 e. The molecule has 0 bridgehead atoms. The first kappa shape index (κ1) is 22.4. The van der Waals surface area contributed by atoms with Gasteiger partial charge in [-0.3, -0.25) is 0 Å². The zero-order valence-electron chi connectivity index (χ0n) is 15.9. The summed E-state index contributed by atoms with van der Waals surface area (Å²) in [5, 5.41) is 9.58. The molecule has 1 N–H and O–H groups in total. The number of aromatic amines is 1. The third-order valence-electron chi connectivity index (χ3n) is 4.05. The molecule has 1 aromatic heterocycles. The molecular weight excluding hydrogens is 443 g/mol. The van der Waals surface area contributed by atoms with Crippen molar-refractivity contribution in [3.63, 3.8) is 0 Å². The van der Waals surface area contributed by atoms with Crippen LogP contribution in [-0.4, -0.2) is 28.2 Å². The Bertz CT molecular complexity index is 1140. The lowest BCUT2D eigenvalue weighted by Gasteiger charge is -2.13. The van der Waals surface area contributed by atoms with Gasteiger partial charge >= 0.3 is 6.18 Å². The summed E-state index contributed by atoms with van der Waals surface area (Å²) >= 11 is 4.88. The molecule has 0 unspecified atom stereocenters. The van der Waals surface area contributed by atoms with Gasteiger partial charge in [-0.25, -0.2) is 13.9 Å². The smallest absolute Gasteiger partial charge is 0.416 e. The molecule has 6 nitrogen and oxygen atoms in total. The van der Waals surface area contributed by atoms with Crippen molar-refractivity contribution in [1.29, 1.82) is 0 Å². The number of hydrogen-bond donors (Lipinski definition) is 1. The first-order valence-corrected chi connectivity index (χ1v) is 9.06. The van der Waals surface area contributed by atoms with E-state index in [0.29, 0.717) is 16.9 Å². The van der Waals surface area contributed by atoms with Gasteiger partial charge in [0.25, 0.3) is 6.43 Å². The van der Waals surface area contributed by atoms with Crippen LogP contribution in [0.4, 0.5) is 22.0 Å². The average Bonchev–Trinajstić information content (AvgIpc) is 3.11. The number of alkyl halides is 5. The summed E-state index contributed by atoms with van der Waals surface area (Å²) in [7, 11) is 1.43. The molecule has 12 heteroatoms. The van der Waals surface area contributed by atoms with E-state index in [9.17, 15) is 22.0 Å². The predicted octanol–water partition coefficient (Wildman–Crippen LogP) is 5.37. The monoisotopic (exact) mass is 458 g/mol. The number of aromatic nitrogens is 3. The van der Waals surface area contributed by atoms with Gasteiger partial charge in [-0.15, -0.1) is 0 Å². The van der Waals surface area contributed by atoms with E-state index >= 15 is 0 Å². The molecule has 0 aliphatic heterocycles. The maximum absolute atomic E-state index is 13.0. The second-order valence-corrected chi connectivity index (χ2v) is 6.52. The van der Waals surface area contributed by atoms with Crippen LogP contribution in [0.1, 0.15) is 28.9 Å². The van der Waals surface area contributed by atoms with Gasteiger partial charge in [0, 0.05) is 5.56 Å². The van der Waals surface area contributed by atoms with Crippen LogP contribution >= 0.6 is 12.2 Å². The summed E-state index contributed by atoms with van der Waals surface area (Å²) in [6, 6.07) is 9.29. The summed E-state index contributed by atoms with van der Waals surface area (Å²) in [5.74, 6) is -0.178. The molecule has 0 spiro atoms. The molecule has 0 fully saturated rings. The van der Waals surface area contributed by atoms with Crippen molar-refractivity contribution in [3.05, 3.63) is 69.8 Å². The van der Waals surface area contributed by atoms with Gasteiger partial charge in [-0.1, -0.05) is 6.07 Å². The number of rotatable bonds is 7. The Kier molecular flexibility index (Phi) is 6.68. The Morgan fingerprint density at radius 3 is 2.68 bits per heavy atom. The van der Waals surface area contributed by atoms with Gasteiger partial charge < -0.3 is 9.47 Å². The summed E-state index contributed by atoms with van der Waals surface area (Å²) in [6.07, 6.45) is -6.08. The maximum atomic E-state index is 13.0. The number of ether oxygens (including phenoxy) is 2. The molecule has 164 valence electrons. The molecule has 3 rings (SSSR count). The van der Waals surface area contributed by atoms with Gasteiger partial charge in [0.05, 0.1) is 18.9 Å². The molecule has 31 heavy (non-hydrogen) atoms. The summed E-state index contributed by atoms with van der Waals surface area (Å²) in [4.78, 5) is 0. The van der Waals surface area contributed by atoms with Gasteiger partial charge in [-0.05, 0) is 54.2 Å². The fraction of sp³-hybridized carbons (Fsp3) is 0.211. The lowest BCUT2D eigenvalue weighted by molar-refractivity contribution is -0.137. The van der Waals surface area contributed by atoms with E-state index in [2.05, 4.69) is 15.3 Å². The molecule has 2 aromatic carbocycles. The van der Waals surface area contributed by atoms with Gasteiger partial charge in [0.15, 0.2) is 0 Å². The number of nitrogens with one attached hydrogen (secondary N) is 1. The first-order chi connectivity index (χ1) is 14.7. The van der Waals surface area contributed by atoms with E-state index in [1.54, 1.807) is 18.2 Å². The lowest BCUT2D eigenvalue weighted by atomic mass is 10.1. The molecule has 1 heterocycles. The van der Waals surface area contributed by atoms with Crippen molar-refractivity contribution < 1.29 is 31.4 Å². The average molecular weight is 458 g/mol. The van der Waals surface area contributed by atoms with E-state index in [-0.39, 0.29) is 17.1 Å². The summed E-state index contributed by atoms with van der Waals surface area (Å²) in [5.41, 5.74) is 0.171. The third kappa shape index (κ3) is 5.45. The van der Waals surface area contributed by atoms with E-state index < -0.39 is 24.0 Å². The van der Waals surface area contributed by atoms with Crippen LogP contribution < -0.4 is 9.47 Å².